The molecule has 0 aliphatic heterocycles. The van der Waals surface area contributed by atoms with Gasteiger partial charge in [-0.3, -0.25) is 4.98 Å². The van der Waals surface area contributed by atoms with Crippen LogP contribution in [0.3, 0.4) is 0 Å². The van der Waals surface area contributed by atoms with Gasteiger partial charge in [-0.15, -0.1) is 16.4 Å². The Morgan fingerprint density at radius 3 is 3.11 bits per heavy atom. The molecular weight excluding hydrogens is 262 g/mol. The van der Waals surface area contributed by atoms with Gasteiger partial charge in [0, 0.05) is 17.1 Å². The number of pyridine rings is 1. The monoisotopic (exact) mass is 273 g/mol. The molecule has 19 heavy (non-hydrogen) atoms. The van der Waals surface area contributed by atoms with Crippen LogP contribution in [0.2, 0.25) is 0 Å². The highest BCUT2D eigenvalue weighted by Crippen LogP contribution is 2.20. The van der Waals surface area contributed by atoms with Crippen LogP contribution in [0.25, 0.3) is 11.3 Å². The number of aromatic nitrogens is 5. The molecule has 0 N–H and O–H groups in total. The molecule has 0 aromatic carbocycles. The number of rotatable bonds is 4. The van der Waals surface area contributed by atoms with E-state index in [1.165, 1.54) is 0 Å². The van der Waals surface area contributed by atoms with Crippen molar-refractivity contribution in [1.82, 2.24) is 25.0 Å². The minimum absolute atomic E-state index is 0.619. The molecular formula is C12H11N5OS. The second kappa shape index (κ2) is 5.15. The fraction of sp³-hybridized carbons (Fsp3) is 0.167. The van der Waals surface area contributed by atoms with Gasteiger partial charge < -0.3 is 4.74 Å². The van der Waals surface area contributed by atoms with E-state index in [4.69, 9.17) is 4.74 Å². The Balaban J connectivity index is 1.84. The predicted octanol–water partition coefficient (Wildman–Crippen LogP) is 1.85. The Bertz CT molecular complexity index is 664. The first-order chi connectivity index (χ1) is 9.35. The summed E-state index contributed by atoms with van der Waals surface area (Å²) in [5.41, 5.74) is 4.43. The van der Waals surface area contributed by atoms with Crippen molar-refractivity contribution in [3.63, 3.8) is 0 Å². The van der Waals surface area contributed by atoms with Gasteiger partial charge in [-0.2, -0.15) is 0 Å². The first kappa shape index (κ1) is 11.8. The van der Waals surface area contributed by atoms with Crippen molar-refractivity contribution in [1.29, 1.82) is 0 Å². The third-order valence-electron chi connectivity index (χ3n) is 2.59. The summed E-state index contributed by atoms with van der Waals surface area (Å²) in [7, 11) is 1.61. The molecule has 0 saturated carbocycles. The van der Waals surface area contributed by atoms with Gasteiger partial charge in [0.15, 0.2) is 0 Å². The summed E-state index contributed by atoms with van der Waals surface area (Å²) < 4.78 is 6.90. The Morgan fingerprint density at radius 2 is 2.32 bits per heavy atom. The molecule has 0 amide bonds. The van der Waals surface area contributed by atoms with Gasteiger partial charge in [-0.1, -0.05) is 5.21 Å². The number of methoxy groups -OCH3 is 1. The predicted molar refractivity (Wildman–Crippen MR) is 71.0 cm³/mol. The summed E-state index contributed by atoms with van der Waals surface area (Å²) in [6.07, 6.45) is 5.26. The second-order valence-corrected chi connectivity index (χ2v) is 4.61. The summed E-state index contributed by atoms with van der Waals surface area (Å²) in [5, 5.41) is 10.2. The van der Waals surface area contributed by atoms with Crippen LogP contribution in [-0.2, 0) is 6.54 Å². The van der Waals surface area contributed by atoms with Crippen LogP contribution in [0, 0.1) is 0 Å². The van der Waals surface area contributed by atoms with Crippen LogP contribution >= 0.6 is 11.3 Å². The van der Waals surface area contributed by atoms with E-state index >= 15 is 0 Å². The smallest absolute Gasteiger partial charge is 0.137 e. The fourth-order valence-electron chi connectivity index (χ4n) is 1.66. The molecule has 0 bridgehead atoms. The van der Waals surface area contributed by atoms with Gasteiger partial charge in [0.05, 0.1) is 37.3 Å². The lowest BCUT2D eigenvalue weighted by molar-refractivity contribution is 0.413. The summed E-state index contributed by atoms with van der Waals surface area (Å²) in [6.45, 7) is 0.619. The lowest BCUT2D eigenvalue weighted by Crippen LogP contribution is -2.00. The van der Waals surface area contributed by atoms with Gasteiger partial charge in [0.2, 0.25) is 0 Å². The van der Waals surface area contributed by atoms with E-state index in [0.29, 0.717) is 12.3 Å². The SMILES string of the molecule is COc1cncc(-c2cn(Cc3cscn3)nn2)c1. The third-order valence-corrected chi connectivity index (χ3v) is 3.23. The molecule has 0 atom stereocenters. The van der Waals surface area contributed by atoms with Crippen molar-refractivity contribution in [2.75, 3.05) is 7.11 Å². The van der Waals surface area contributed by atoms with Gasteiger partial charge in [0.1, 0.15) is 11.4 Å². The van der Waals surface area contributed by atoms with E-state index in [-0.39, 0.29) is 0 Å². The molecule has 3 rings (SSSR count). The summed E-state index contributed by atoms with van der Waals surface area (Å²) in [6, 6.07) is 1.88. The topological polar surface area (TPSA) is 65.7 Å². The first-order valence-corrected chi connectivity index (χ1v) is 6.56. The average molecular weight is 273 g/mol. The van der Waals surface area contributed by atoms with Crippen LogP contribution in [0.1, 0.15) is 5.69 Å². The highest BCUT2D eigenvalue weighted by atomic mass is 32.1. The first-order valence-electron chi connectivity index (χ1n) is 5.62. The lowest BCUT2D eigenvalue weighted by atomic mass is 10.2. The average Bonchev–Trinajstić information content (AvgIpc) is 3.11. The molecule has 0 aliphatic carbocycles. The Hall–Kier alpha value is -2.28. The van der Waals surface area contributed by atoms with Crippen LogP contribution < -0.4 is 4.74 Å². The maximum Gasteiger partial charge on any atom is 0.137 e. The molecule has 0 unspecified atom stereocenters. The van der Waals surface area contributed by atoms with Crippen LogP contribution in [0.15, 0.2) is 35.5 Å². The van der Waals surface area contributed by atoms with Crippen molar-refractivity contribution in [2.24, 2.45) is 0 Å². The van der Waals surface area contributed by atoms with Gasteiger partial charge in [0.25, 0.3) is 0 Å². The minimum Gasteiger partial charge on any atom is -0.495 e. The molecule has 6 nitrogen and oxygen atoms in total. The van der Waals surface area contributed by atoms with Crippen molar-refractivity contribution in [2.45, 2.75) is 6.54 Å². The summed E-state index contributed by atoms with van der Waals surface area (Å²) >= 11 is 1.57. The fourth-order valence-corrected chi connectivity index (χ4v) is 2.21. The standard InChI is InChI=1S/C12H11N5OS/c1-18-11-2-9(3-13-4-11)12-6-17(16-15-12)5-10-7-19-8-14-10/h2-4,6-8H,5H2,1H3. The molecule has 0 saturated heterocycles. The number of hydrogen-bond donors (Lipinski definition) is 0. The summed E-state index contributed by atoms with van der Waals surface area (Å²) in [5.74, 6) is 0.701. The molecule has 0 fully saturated rings. The largest absolute Gasteiger partial charge is 0.495 e. The zero-order valence-corrected chi connectivity index (χ0v) is 11.0. The van der Waals surface area contributed by atoms with E-state index in [1.54, 1.807) is 41.0 Å². The Labute approximate surface area is 113 Å². The normalized spacial score (nSPS) is 10.6. The van der Waals surface area contributed by atoms with Gasteiger partial charge >= 0.3 is 0 Å². The quantitative estimate of drug-likeness (QED) is 0.726. The lowest BCUT2D eigenvalue weighted by Gasteiger charge is -2.00. The molecule has 3 heterocycles. The molecule has 7 heteroatoms. The summed E-state index contributed by atoms with van der Waals surface area (Å²) in [4.78, 5) is 8.32. The van der Waals surface area contributed by atoms with Crippen LogP contribution in [-0.4, -0.2) is 32.1 Å². The maximum atomic E-state index is 5.14. The number of thiazole rings is 1. The maximum absolute atomic E-state index is 5.14. The molecule has 3 aromatic rings. The van der Waals surface area contributed by atoms with Crippen molar-refractivity contribution < 1.29 is 4.74 Å². The zero-order valence-electron chi connectivity index (χ0n) is 10.2. The number of ether oxygens (including phenoxy) is 1. The van der Waals surface area contributed by atoms with E-state index < -0.39 is 0 Å². The van der Waals surface area contributed by atoms with Crippen molar-refractivity contribution in [3.8, 4) is 17.0 Å². The van der Waals surface area contributed by atoms with Crippen molar-refractivity contribution in [3.05, 3.63) is 41.2 Å². The third kappa shape index (κ3) is 2.60. The van der Waals surface area contributed by atoms with E-state index in [0.717, 1.165) is 17.0 Å². The van der Waals surface area contributed by atoms with E-state index in [9.17, 15) is 0 Å². The zero-order chi connectivity index (χ0) is 13.1. The van der Waals surface area contributed by atoms with E-state index in [1.807, 2.05) is 17.6 Å². The Kier molecular flexibility index (Phi) is 3.20. The van der Waals surface area contributed by atoms with Crippen LogP contribution in [0.5, 0.6) is 5.75 Å². The molecule has 0 radical (unpaired) electrons. The minimum atomic E-state index is 0.619. The Morgan fingerprint density at radius 1 is 1.37 bits per heavy atom. The molecule has 3 aromatic heterocycles. The molecule has 0 spiro atoms. The van der Waals surface area contributed by atoms with Gasteiger partial charge in [-0.25, -0.2) is 9.67 Å². The van der Waals surface area contributed by atoms with Crippen molar-refractivity contribution >= 4 is 11.3 Å². The second-order valence-electron chi connectivity index (χ2n) is 3.89. The highest BCUT2D eigenvalue weighted by Gasteiger charge is 2.06. The van der Waals surface area contributed by atoms with E-state index in [2.05, 4.69) is 20.3 Å². The number of hydrogen-bond acceptors (Lipinski definition) is 6. The number of nitrogens with zero attached hydrogens (tertiary/aromatic N) is 5. The highest BCUT2D eigenvalue weighted by molar-refractivity contribution is 7.07. The van der Waals surface area contributed by atoms with Gasteiger partial charge in [-0.05, 0) is 6.07 Å². The molecule has 0 aliphatic rings. The molecule has 96 valence electrons. The van der Waals surface area contributed by atoms with Crippen LogP contribution in [0.4, 0.5) is 0 Å².